The van der Waals surface area contributed by atoms with Gasteiger partial charge < -0.3 is 0 Å². The van der Waals surface area contributed by atoms with E-state index in [4.69, 9.17) is 0 Å². The van der Waals surface area contributed by atoms with E-state index < -0.39 is 0 Å². The lowest BCUT2D eigenvalue weighted by molar-refractivity contribution is 1.13. The van der Waals surface area contributed by atoms with Crippen LogP contribution in [0.1, 0.15) is 18.1 Å². The molecule has 0 radical (unpaired) electrons. The maximum atomic E-state index is 2.21. The lowest BCUT2D eigenvalue weighted by Crippen LogP contribution is -1.90. The van der Waals surface area contributed by atoms with Crippen molar-refractivity contribution < 1.29 is 0 Å². The van der Waals surface area contributed by atoms with Crippen molar-refractivity contribution >= 4 is 11.8 Å². The van der Waals surface area contributed by atoms with Crippen LogP contribution in [0.4, 0.5) is 0 Å². The molecular weight excluding hydrogens is 200 g/mol. The van der Waals surface area contributed by atoms with Gasteiger partial charge in [0.05, 0.1) is 0 Å². The zero-order valence-electron chi connectivity index (χ0n) is 9.44. The Kier molecular flexibility index (Phi) is 5.94. The smallest absolute Gasteiger partial charge is 0.00147 e. The van der Waals surface area contributed by atoms with Crippen LogP contribution in [0, 0.1) is 6.92 Å². The van der Waals surface area contributed by atoms with Gasteiger partial charge in [-0.05, 0) is 36.8 Å². The SMILES string of the molecule is C/C=C\C=C/SCCc1ccccc1C. The van der Waals surface area contributed by atoms with Crippen molar-refractivity contribution in [3.8, 4) is 0 Å². The normalized spacial score (nSPS) is 11.6. The zero-order valence-corrected chi connectivity index (χ0v) is 10.3. The summed E-state index contributed by atoms with van der Waals surface area (Å²) in [6.45, 7) is 4.21. The number of hydrogen-bond donors (Lipinski definition) is 0. The van der Waals surface area contributed by atoms with Crippen LogP contribution in [0.3, 0.4) is 0 Å². The minimum absolute atomic E-state index is 1.15. The Morgan fingerprint density at radius 1 is 1.20 bits per heavy atom. The molecule has 0 unspecified atom stereocenters. The van der Waals surface area contributed by atoms with Gasteiger partial charge in [-0.25, -0.2) is 0 Å². The number of allylic oxidation sites excluding steroid dienone is 3. The lowest BCUT2D eigenvalue weighted by atomic mass is 10.1. The molecule has 15 heavy (non-hydrogen) atoms. The fourth-order valence-electron chi connectivity index (χ4n) is 1.34. The van der Waals surface area contributed by atoms with Crippen molar-refractivity contribution in [1.82, 2.24) is 0 Å². The summed E-state index contributed by atoms with van der Waals surface area (Å²) in [5.74, 6) is 1.15. The standard InChI is InChI=1S/C14H18S/c1-3-4-7-11-15-12-10-14-9-6-5-8-13(14)2/h3-9,11H,10,12H2,1-2H3/b4-3-,11-7-. The Labute approximate surface area is 97.1 Å². The Hall–Kier alpha value is -0.950. The molecule has 0 atom stereocenters. The third-order valence-electron chi connectivity index (χ3n) is 2.23. The Morgan fingerprint density at radius 2 is 2.00 bits per heavy atom. The molecule has 0 aliphatic heterocycles. The highest BCUT2D eigenvalue weighted by Crippen LogP contribution is 2.11. The van der Waals surface area contributed by atoms with Gasteiger partial charge in [-0.3, -0.25) is 0 Å². The minimum Gasteiger partial charge on any atom is -0.134 e. The third-order valence-corrected chi connectivity index (χ3v) is 3.02. The molecule has 0 heterocycles. The van der Waals surface area contributed by atoms with Crippen LogP contribution in [0.5, 0.6) is 0 Å². The van der Waals surface area contributed by atoms with E-state index in [2.05, 4.69) is 48.7 Å². The summed E-state index contributed by atoms with van der Waals surface area (Å²) >= 11 is 1.86. The summed E-state index contributed by atoms with van der Waals surface area (Å²) in [6, 6.07) is 8.60. The van der Waals surface area contributed by atoms with Crippen LogP contribution < -0.4 is 0 Å². The largest absolute Gasteiger partial charge is 0.134 e. The predicted octanol–water partition coefficient (Wildman–Crippen LogP) is 4.36. The Morgan fingerprint density at radius 3 is 2.73 bits per heavy atom. The first-order chi connectivity index (χ1) is 7.34. The van der Waals surface area contributed by atoms with Gasteiger partial charge in [-0.15, -0.1) is 11.8 Å². The fraction of sp³-hybridized carbons (Fsp3) is 0.286. The van der Waals surface area contributed by atoms with Crippen molar-refractivity contribution in [2.75, 3.05) is 5.75 Å². The summed E-state index contributed by atoms with van der Waals surface area (Å²) in [5, 5.41) is 2.15. The second kappa shape index (κ2) is 7.36. The molecule has 0 N–H and O–H groups in total. The molecule has 0 aliphatic rings. The van der Waals surface area contributed by atoms with E-state index in [1.807, 2.05) is 24.8 Å². The van der Waals surface area contributed by atoms with Gasteiger partial charge in [0.1, 0.15) is 0 Å². The van der Waals surface area contributed by atoms with E-state index in [1.54, 1.807) is 0 Å². The number of rotatable bonds is 5. The van der Waals surface area contributed by atoms with E-state index in [0.29, 0.717) is 0 Å². The highest BCUT2D eigenvalue weighted by Gasteiger charge is 1.95. The van der Waals surface area contributed by atoms with Crippen molar-refractivity contribution in [2.45, 2.75) is 20.3 Å². The first-order valence-electron chi connectivity index (χ1n) is 5.28. The van der Waals surface area contributed by atoms with Crippen LogP contribution in [0.2, 0.25) is 0 Å². The minimum atomic E-state index is 1.15. The summed E-state index contributed by atoms with van der Waals surface area (Å²) in [5.41, 5.74) is 2.86. The highest BCUT2D eigenvalue weighted by atomic mass is 32.2. The third kappa shape index (κ3) is 4.89. The van der Waals surface area contributed by atoms with E-state index in [9.17, 15) is 0 Å². The van der Waals surface area contributed by atoms with Crippen molar-refractivity contribution in [3.05, 3.63) is 59.0 Å². The molecule has 0 bridgehead atoms. The number of benzene rings is 1. The highest BCUT2D eigenvalue weighted by molar-refractivity contribution is 8.02. The molecule has 0 nitrogen and oxygen atoms in total. The van der Waals surface area contributed by atoms with Gasteiger partial charge >= 0.3 is 0 Å². The number of aryl methyl sites for hydroxylation is 2. The Balaban J connectivity index is 2.29. The molecule has 1 aromatic carbocycles. The first kappa shape index (κ1) is 12.1. The average Bonchev–Trinajstić information content (AvgIpc) is 2.25. The average molecular weight is 218 g/mol. The molecule has 0 fully saturated rings. The predicted molar refractivity (Wildman–Crippen MR) is 71.3 cm³/mol. The van der Waals surface area contributed by atoms with Gasteiger partial charge in [-0.2, -0.15) is 0 Å². The molecule has 0 aliphatic carbocycles. The van der Waals surface area contributed by atoms with E-state index in [0.717, 1.165) is 12.2 Å². The molecule has 0 saturated heterocycles. The topological polar surface area (TPSA) is 0 Å². The van der Waals surface area contributed by atoms with Crippen molar-refractivity contribution in [3.63, 3.8) is 0 Å². The summed E-state index contributed by atoms with van der Waals surface area (Å²) < 4.78 is 0. The Bertz CT molecular complexity index is 337. The fourth-order valence-corrected chi connectivity index (χ4v) is 2.02. The monoisotopic (exact) mass is 218 g/mol. The molecule has 1 rings (SSSR count). The van der Waals surface area contributed by atoms with Gasteiger partial charge in [0.25, 0.3) is 0 Å². The lowest BCUT2D eigenvalue weighted by Gasteiger charge is -2.02. The van der Waals surface area contributed by atoms with Gasteiger partial charge in [0.2, 0.25) is 0 Å². The maximum Gasteiger partial charge on any atom is 0.00147 e. The van der Waals surface area contributed by atoms with Crippen LogP contribution in [0.15, 0.2) is 47.9 Å². The summed E-state index contributed by atoms with van der Waals surface area (Å²) in [7, 11) is 0. The molecule has 0 spiro atoms. The van der Waals surface area contributed by atoms with Crippen LogP contribution in [-0.4, -0.2) is 5.75 Å². The van der Waals surface area contributed by atoms with Crippen molar-refractivity contribution in [1.29, 1.82) is 0 Å². The van der Waals surface area contributed by atoms with Crippen LogP contribution >= 0.6 is 11.8 Å². The molecular formula is C14H18S. The van der Waals surface area contributed by atoms with E-state index in [-0.39, 0.29) is 0 Å². The molecule has 0 aromatic heterocycles. The quantitative estimate of drug-likeness (QED) is 0.522. The van der Waals surface area contributed by atoms with Crippen LogP contribution in [-0.2, 0) is 6.42 Å². The number of thioether (sulfide) groups is 1. The van der Waals surface area contributed by atoms with Gasteiger partial charge in [0.15, 0.2) is 0 Å². The van der Waals surface area contributed by atoms with E-state index >= 15 is 0 Å². The van der Waals surface area contributed by atoms with Gasteiger partial charge in [-0.1, -0.05) is 42.5 Å². The summed E-state index contributed by atoms with van der Waals surface area (Å²) in [4.78, 5) is 0. The number of hydrogen-bond acceptors (Lipinski definition) is 1. The molecule has 80 valence electrons. The molecule has 1 heteroatoms. The maximum absolute atomic E-state index is 2.21. The zero-order chi connectivity index (χ0) is 10.9. The molecule has 1 aromatic rings. The second-order valence-corrected chi connectivity index (χ2v) is 4.42. The summed E-state index contributed by atoms with van der Waals surface area (Å²) in [6.07, 6.45) is 7.33. The van der Waals surface area contributed by atoms with Crippen LogP contribution in [0.25, 0.3) is 0 Å². The molecule has 0 amide bonds. The second-order valence-electron chi connectivity index (χ2n) is 3.40. The molecule has 0 saturated carbocycles. The van der Waals surface area contributed by atoms with Gasteiger partial charge in [0, 0.05) is 5.75 Å². The first-order valence-corrected chi connectivity index (χ1v) is 6.33. The van der Waals surface area contributed by atoms with E-state index in [1.165, 1.54) is 11.1 Å². The van der Waals surface area contributed by atoms with Crippen molar-refractivity contribution in [2.24, 2.45) is 0 Å².